The Morgan fingerprint density at radius 1 is 1.09 bits per heavy atom. The largest absolute Gasteiger partial charge is 0.493 e. The number of piperidine rings is 1. The Balaban J connectivity index is 1.49. The number of carboxylic acid groups (broad SMARTS) is 1. The Hall–Kier alpha value is -2.81. The van der Waals surface area contributed by atoms with Crippen LogP contribution in [0.5, 0.6) is 11.5 Å². The number of carbonyl (C=O) groups is 1. The third kappa shape index (κ3) is 4.98. The van der Waals surface area contributed by atoms with E-state index < -0.39 is 11.9 Å². The first-order valence-corrected chi connectivity index (χ1v) is 11.3. The number of rotatable bonds is 7. The number of benzene rings is 1. The van der Waals surface area contributed by atoms with Crippen molar-refractivity contribution in [1.29, 1.82) is 0 Å². The van der Waals surface area contributed by atoms with E-state index in [2.05, 4.69) is 9.88 Å². The summed E-state index contributed by atoms with van der Waals surface area (Å²) in [6, 6.07) is 3.57. The highest BCUT2D eigenvalue weighted by atomic mass is 19.1. The Bertz CT molecular complexity index is 943. The molecule has 2 aliphatic rings. The standard InChI is InChI=1S/C23H31FN4O4/c1-31-20-14-17-19(15-21(20)32-13-5-8-26-6-3-2-4-7-26)25-16-18(24)22(17)27-9-11-28(12-10-27)23(29)30/h14-16H,2-13H2,1H3,(H,29,30). The zero-order valence-corrected chi connectivity index (χ0v) is 18.6. The summed E-state index contributed by atoms with van der Waals surface area (Å²) in [5.74, 6) is 0.700. The van der Waals surface area contributed by atoms with Crippen molar-refractivity contribution in [2.45, 2.75) is 25.7 Å². The Morgan fingerprint density at radius 3 is 2.53 bits per heavy atom. The zero-order valence-electron chi connectivity index (χ0n) is 18.6. The number of nitrogens with zero attached hydrogens (tertiary/aromatic N) is 4. The molecule has 0 atom stereocenters. The van der Waals surface area contributed by atoms with Gasteiger partial charge in [-0.2, -0.15) is 0 Å². The Kier molecular flexibility index (Phi) is 7.14. The molecule has 32 heavy (non-hydrogen) atoms. The molecule has 0 bridgehead atoms. The second-order valence-corrected chi connectivity index (χ2v) is 8.34. The fraction of sp³-hybridized carbons (Fsp3) is 0.565. The van der Waals surface area contributed by atoms with Crippen LogP contribution in [0.3, 0.4) is 0 Å². The van der Waals surface area contributed by atoms with Gasteiger partial charge in [-0.1, -0.05) is 6.42 Å². The average Bonchev–Trinajstić information content (AvgIpc) is 2.82. The maximum absolute atomic E-state index is 14.8. The summed E-state index contributed by atoms with van der Waals surface area (Å²) in [7, 11) is 1.57. The molecule has 1 amide bonds. The smallest absolute Gasteiger partial charge is 0.407 e. The van der Waals surface area contributed by atoms with Crippen molar-refractivity contribution in [3.05, 3.63) is 24.1 Å². The van der Waals surface area contributed by atoms with E-state index in [1.807, 2.05) is 4.90 Å². The van der Waals surface area contributed by atoms with E-state index >= 15 is 0 Å². The maximum Gasteiger partial charge on any atom is 0.407 e. The number of hydrogen-bond donors (Lipinski definition) is 1. The summed E-state index contributed by atoms with van der Waals surface area (Å²) in [5, 5.41) is 9.80. The third-order valence-electron chi connectivity index (χ3n) is 6.27. The third-order valence-corrected chi connectivity index (χ3v) is 6.27. The van der Waals surface area contributed by atoms with Crippen LogP contribution in [0, 0.1) is 5.82 Å². The summed E-state index contributed by atoms with van der Waals surface area (Å²) >= 11 is 0. The number of anilines is 1. The van der Waals surface area contributed by atoms with Crippen LogP contribution in [0.2, 0.25) is 0 Å². The van der Waals surface area contributed by atoms with E-state index in [1.165, 1.54) is 30.4 Å². The van der Waals surface area contributed by atoms with E-state index in [4.69, 9.17) is 9.47 Å². The molecule has 1 aromatic heterocycles. The van der Waals surface area contributed by atoms with Gasteiger partial charge in [-0.15, -0.1) is 0 Å². The molecule has 9 heteroatoms. The van der Waals surface area contributed by atoms with E-state index in [1.54, 1.807) is 19.2 Å². The van der Waals surface area contributed by atoms with Gasteiger partial charge in [0.15, 0.2) is 17.3 Å². The number of ether oxygens (including phenoxy) is 2. The number of likely N-dealkylation sites (tertiary alicyclic amines) is 1. The molecule has 2 aliphatic heterocycles. The maximum atomic E-state index is 14.8. The van der Waals surface area contributed by atoms with Crippen molar-refractivity contribution < 1.29 is 23.8 Å². The molecule has 1 aromatic carbocycles. The quantitative estimate of drug-likeness (QED) is 0.653. The number of methoxy groups -OCH3 is 1. The first-order valence-electron chi connectivity index (χ1n) is 11.3. The van der Waals surface area contributed by atoms with Crippen molar-refractivity contribution in [3.63, 3.8) is 0 Å². The lowest BCUT2D eigenvalue weighted by atomic mass is 10.1. The number of halogens is 1. The van der Waals surface area contributed by atoms with Crippen LogP contribution in [0.25, 0.3) is 10.9 Å². The Labute approximate surface area is 187 Å². The molecule has 2 aromatic rings. The number of amides is 1. The van der Waals surface area contributed by atoms with Crippen LogP contribution >= 0.6 is 0 Å². The summed E-state index contributed by atoms with van der Waals surface area (Å²) in [4.78, 5) is 21.1. The predicted molar refractivity (Wildman–Crippen MR) is 120 cm³/mol. The van der Waals surface area contributed by atoms with Gasteiger partial charge in [0.05, 0.1) is 31.1 Å². The molecule has 8 nitrogen and oxygen atoms in total. The zero-order chi connectivity index (χ0) is 22.5. The van der Waals surface area contributed by atoms with Gasteiger partial charge >= 0.3 is 6.09 Å². The van der Waals surface area contributed by atoms with Crippen molar-refractivity contribution in [2.24, 2.45) is 0 Å². The van der Waals surface area contributed by atoms with Crippen LogP contribution in [-0.4, -0.2) is 85.5 Å². The van der Waals surface area contributed by atoms with E-state index in [0.717, 1.165) is 26.1 Å². The second-order valence-electron chi connectivity index (χ2n) is 8.34. The van der Waals surface area contributed by atoms with Gasteiger partial charge in [0.1, 0.15) is 0 Å². The monoisotopic (exact) mass is 446 g/mol. The van der Waals surface area contributed by atoms with Crippen LogP contribution < -0.4 is 14.4 Å². The van der Waals surface area contributed by atoms with Crippen LogP contribution in [-0.2, 0) is 0 Å². The summed E-state index contributed by atoms with van der Waals surface area (Å²) in [6.45, 7) is 5.41. The van der Waals surface area contributed by atoms with Crippen LogP contribution in [0.1, 0.15) is 25.7 Å². The minimum Gasteiger partial charge on any atom is -0.493 e. The van der Waals surface area contributed by atoms with Crippen LogP contribution in [0.15, 0.2) is 18.3 Å². The molecule has 2 saturated heterocycles. The lowest BCUT2D eigenvalue weighted by Crippen LogP contribution is -2.48. The lowest BCUT2D eigenvalue weighted by molar-refractivity contribution is 0.142. The van der Waals surface area contributed by atoms with Crippen molar-refractivity contribution >= 4 is 22.7 Å². The van der Waals surface area contributed by atoms with E-state index in [9.17, 15) is 14.3 Å². The highest BCUT2D eigenvalue weighted by molar-refractivity contribution is 5.94. The number of hydrogen-bond acceptors (Lipinski definition) is 6. The minimum atomic E-state index is -0.951. The SMILES string of the molecule is COc1cc2c(N3CCN(C(=O)O)CC3)c(F)cnc2cc1OCCCN1CCCCC1. The molecule has 2 fully saturated rings. The predicted octanol–water partition coefficient (Wildman–Crippen LogP) is 3.44. The number of aromatic nitrogens is 1. The van der Waals surface area contributed by atoms with Gasteiger partial charge in [0.2, 0.25) is 0 Å². The van der Waals surface area contributed by atoms with Crippen molar-refractivity contribution in [1.82, 2.24) is 14.8 Å². The van der Waals surface area contributed by atoms with E-state index in [-0.39, 0.29) is 0 Å². The molecule has 4 rings (SSSR count). The molecule has 0 aliphatic carbocycles. The molecule has 174 valence electrons. The summed E-state index contributed by atoms with van der Waals surface area (Å²) < 4.78 is 26.4. The molecular weight excluding hydrogens is 415 g/mol. The van der Waals surface area contributed by atoms with Gasteiger partial charge in [-0.3, -0.25) is 4.98 Å². The van der Waals surface area contributed by atoms with Crippen LogP contribution in [0.4, 0.5) is 14.9 Å². The molecular formula is C23H31FN4O4. The highest BCUT2D eigenvalue weighted by Crippen LogP contribution is 2.37. The topological polar surface area (TPSA) is 78.4 Å². The molecule has 0 radical (unpaired) electrons. The normalized spacial score (nSPS) is 17.6. The lowest BCUT2D eigenvalue weighted by Gasteiger charge is -2.35. The van der Waals surface area contributed by atoms with Gasteiger partial charge < -0.3 is 29.3 Å². The molecule has 1 N–H and O–H groups in total. The second kappa shape index (κ2) is 10.2. The van der Waals surface area contributed by atoms with Gasteiger partial charge in [0.25, 0.3) is 0 Å². The molecule has 0 spiro atoms. The highest BCUT2D eigenvalue weighted by Gasteiger charge is 2.25. The number of fused-ring (bicyclic) bond motifs is 1. The first kappa shape index (κ1) is 22.4. The number of pyridine rings is 1. The summed E-state index contributed by atoms with van der Waals surface area (Å²) in [6.07, 6.45) is 5.07. The van der Waals surface area contributed by atoms with Gasteiger partial charge in [0, 0.05) is 44.2 Å². The fourth-order valence-corrected chi connectivity index (χ4v) is 4.53. The van der Waals surface area contributed by atoms with E-state index in [0.29, 0.717) is 60.9 Å². The van der Waals surface area contributed by atoms with Crippen molar-refractivity contribution in [3.8, 4) is 11.5 Å². The first-order chi connectivity index (χ1) is 15.6. The average molecular weight is 447 g/mol. The number of piperazine rings is 1. The minimum absolute atomic E-state index is 0.327. The van der Waals surface area contributed by atoms with Crippen molar-refractivity contribution in [2.75, 3.05) is 64.4 Å². The van der Waals surface area contributed by atoms with Gasteiger partial charge in [-0.05, 0) is 38.4 Å². The fourth-order valence-electron chi connectivity index (χ4n) is 4.53. The van der Waals surface area contributed by atoms with Gasteiger partial charge in [-0.25, -0.2) is 9.18 Å². The molecule has 0 saturated carbocycles. The summed E-state index contributed by atoms with van der Waals surface area (Å²) in [5.41, 5.74) is 1.05. The molecule has 3 heterocycles. The Morgan fingerprint density at radius 2 is 1.84 bits per heavy atom. The molecule has 0 unspecified atom stereocenters.